The van der Waals surface area contributed by atoms with Crippen LogP contribution in [0.3, 0.4) is 0 Å². The first-order chi connectivity index (χ1) is 7.59. The zero-order chi connectivity index (χ0) is 11.7. The van der Waals surface area contributed by atoms with E-state index in [9.17, 15) is 5.21 Å². The summed E-state index contributed by atoms with van der Waals surface area (Å²) in [7, 11) is 0. The second kappa shape index (κ2) is 3.83. The molecular formula is C12H13N3O. The summed E-state index contributed by atoms with van der Waals surface area (Å²) in [5, 5.41) is 18.2. The molecule has 0 fully saturated rings. The van der Waals surface area contributed by atoms with E-state index in [0.717, 1.165) is 16.2 Å². The third-order valence-corrected chi connectivity index (χ3v) is 2.49. The molecule has 2 rings (SSSR count). The van der Waals surface area contributed by atoms with Gasteiger partial charge < -0.3 is 11.1 Å². The van der Waals surface area contributed by atoms with E-state index in [1.807, 2.05) is 6.92 Å². The maximum Gasteiger partial charge on any atom is 0.0989 e. The lowest BCUT2D eigenvalue weighted by Crippen LogP contribution is -2.22. The van der Waals surface area contributed by atoms with E-state index >= 15 is 0 Å². The van der Waals surface area contributed by atoms with Gasteiger partial charge in [0.05, 0.1) is 17.1 Å². The van der Waals surface area contributed by atoms with Crippen LogP contribution in [0, 0.1) is 5.41 Å². The minimum Gasteiger partial charge on any atom is -0.397 e. The van der Waals surface area contributed by atoms with E-state index in [2.05, 4.69) is 0 Å². The Balaban J connectivity index is 2.54. The molecule has 2 aliphatic rings. The molecule has 4 heteroatoms. The van der Waals surface area contributed by atoms with Gasteiger partial charge in [-0.05, 0) is 36.8 Å². The lowest BCUT2D eigenvalue weighted by molar-refractivity contribution is -0.00289. The Labute approximate surface area is 93.8 Å². The van der Waals surface area contributed by atoms with Crippen molar-refractivity contribution in [2.75, 3.05) is 0 Å². The Kier molecular flexibility index (Phi) is 2.50. The van der Waals surface area contributed by atoms with Crippen LogP contribution in [-0.4, -0.2) is 16.0 Å². The van der Waals surface area contributed by atoms with Gasteiger partial charge >= 0.3 is 0 Å². The van der Waals surface area contributed by atoms with E-state index in [1.54, 1.807) is 30.4 Å². The normalized spacial score (nSPS) is 24.6. The molecule has 4 N–H and O–H groups in total. The Bertz CT molecular complexity index is 492. The van der Waals surface area contributed by atoms with Gasteiger partial charge in [0, 0.05) is 11.8 Å². The summed E-state index contributed by atoms with van der Waals surface area (Å²) in [5.74, 6) is 0. The van der Waals surface area contributed by atoms with Crippen molar-refractivity contribution in [3.8, 4) is 0 Å². The molecule has 0 saturated carbocycles. The van der Waals surface area contributed by atoms with Gasteiger partial charge in [-0.1, -0.05) is 6.08 Å². The number of rotatable bonds is 0. The zero-order valence-corrected chi connectivity index (χ0v) is 8.94. The van der Waals surface area contributed by atoms with Crippen LogP contribution >= 0.6 is 0 Å². The molecule has 0 aromatic carbocycles. The molecule has 0 bridgehead atoms. The predicted molar refractivity (Wildman–Crippen MR) is 62.7 cm³/mol. The third-order valence-electron chi connectivity index (χ3n) is 2.49. The summed E-state index contributed by atoms with van der Waals surface area (Å²) < 4.78 is 0. The summed E-state index contributed by atoms with van der Waals surface area (Å²) >= 11 is 0. The molecule has 82 valence electrons. The highest BCUT2D eigenvalue weighted by atomic mass is 16.5. The van der Waals surface area contributed by atoms with Crippen LogP contribution in [0.15, 0.2) is 59.1 Å². The summed E-state index contributed by atoms with van der Waals surface area (Å²) in [6.07, 6.45) is 10.1. The van der Waals surface area contributed by atoms with Gasteiger partial charge in [0.15, 0.2) is 0 Å². The average Bonchev–Trinajstić information content (AvgIpc) is 2.20. The highest BCUT2D eigenvalue weighted by molar-refractivity contribution is 6.04. The van der Waals surface area contributed by atoms with Crippen LogP contribution in [0.2, 0.25) is 0 Å². The Morgan fingerprint density at radius 2 is 2.12 bits per heavy atom. The molecule has 0 atom stereocenters. The molecule has 0 amide bonds. The standard InChI is InChI=1S/C12H13N3O/c1-8-7-9(13)4-5-10(8)12-11(14)3-2-6-15(12)16/h2-7,13,16H,14H2,1H3. The maximum atomic E-state index is 9.73. The number of hydrogen-bond acceptors (Lipinski definition) is 4. The molecule has 1 heterocycles. The quantitative estimate of drug-likeness (QED) is 0.577. The molecule has 0 spiro atoms. The topological polar surface area (TPSA) is 73.3 Å². The van der Waals surface area contributed by atoms with Crippen molar-refractivity contribution in [1.82, 2.24) is 5.06 Å². The van der Waals surface area contributed by atoms with Gasteiger partial charge in [-0.2, -0.15) is 0 Å². The summed E-state index contributed by atoms with van der Waals surface area (Å²) in [4.78, 5) is 0. The molecule has 0 unspecified atom stereocenters. The molecule has 1 aliphatic carbocycles. The van der Waals surface area contributed by atoms with E-state index in [0.29, 0.717) is 17.1 Å². The minimum absolute atomic E-state index is 0.445. The van der Waals surface area contributed by atoms with Crippen LogP contribution in [0.1, 0.15) is 6.92 Å². The average molecular weight is 215 g/mol. The Hall–Kier alpha value is -2.07. The second-order valence-corrected chi connectivity index (χ2v) is 3.69. The van der Waals surface area contributed by atoms with E-state index in [-0.39, 0.29) is 0 Å². The first-order valence-corrected chi connectivity index (χ1v) is 4.91. The SMILES string of the molecule is CC1=CC(=N)C=CC1=C1C(N)=CC=CN1O. The largest absolute Gasteiger partial charge is 0.397 e. The number of allylic oxidation sites excluding steroid dienone is 7. The van der Waals surface area contributed by atoms with Crippen LogP contribution < -0.4 is 5.73 Å². The van der Waals surface area contributed by atoms with Gasteiger partial charge in [-0.25, -0.2) is 5.06 Å². The first-order valence-electron chi connectivity index (χ1n) is 4.91. The summed E-state index contributed by atoms with van der Waals surface area (Å²) in [6.45, 7) is 1.89. The third kappa shape index (κ3) is 1.70. The van der Waals surface area contributed by atoms with Crippen molar-refractivity contribution in [3.05, 3.63) is 59.1 Å². The van der Waals surface area contributed by atoms with Crippen LogP contribution in [0.5, 0.6) is 0 Å². The second-order valence-electron chi connectivity index (χ2n) is 3.69. The van der Waals surface area contributed by atoms with Crippen molar-refractivity contribution in [2.45, 2.75) is 6.92 Å². The van der Waals surface area contributed by atoms with Gasteiger partial charge in [-0.3, -0.25) is 5.21 Å². The molecule has 0 aromatic rings. The summed E-state index contributed by atoms with van der Waals surface area (Å²) in [5.41, 5.74) is 9.08. The highest BCUT2D eigenvalue weighted by Crippen LogP contribution is 2.26. The lowest BCUT2D eigenvalue weighted by Gasteiger charge is -2.23. The number of nitrogens with zero attached hydrogens (tertiary/aromatic N) is 1. The van der Waals surface area contributed by atoms with Crippen molar-refractivity contribution < 1.29 is 5.21 Å². The van der Waals surface area contributed by atoms with E-state index < -0.39 is 0 Å². The van der Waals surface area contributed by atoms with Crippen molar-refractivity contribution in [3.63, 3.8) is 0 Å². The number of nitrogens with one attached hydrogen (secondary N) is 1. The number of nitrogens with two attached hydrogens (primary N) is 1. The van der Waals surface area contributed by atoms with Crippen molar-refractivity contribution >= 4 is 5.71 Å². The van der Waals surface area contributed by atoms with Gasteiger partial charge in [0.25, 0.3) is 0 Å². The maximum absolute atomic E-state index is 9.73. The smallest absolute Gasteiger partial charge is 0.0989 e. The monoisotopic (exact) mass is 215 g/mol. The van der Waals surface area contributed by atoms with Crippen molar-refractivity contribution in [2.24, 2.45) is 5.73 Å². The molecule has 1 aliphatic heterocycles. The van der Waals surface area contributed by atoms with Gasteiger partial charge in [0.1, 0.15) is 0 Å². The fraction of sp³-hybridized carbons (Fsp3) is 0.0833. The molecule has 16 heavy (non-hydrogen) atoms. The minimum atomic E-state index is 0.445. The van der Waals surface area contributed by atoms with E-state index in [1.165, 1.54) is 6.20 Å². The lowest BCUT2D eigenvalue weighted by atomic mass is 9.96. The number of hydroxylamine groups is 2. The molecule has 0 saturated heterocycles. The molecule has 4 nitrogen and oxygen atoms in total. The zero-order valence-electron chi connectivity index (χ0n) is 8.94. The fourth-order valence-corrected chi connectivity index (χ4v) is 1.72. The van der Waals surface area contributed by atoms with Crippen LogP contribution in [0.4, 0.5) is 0 Å². The molecule has 0 aromatic heterocycles. The Morgan fingerprint density at radius 1 is 1.38 bits per heavy atom. The van der Waals surface area contributed by atoms with Gasteiger partial charge in [0.2, 0.25) is 0 Å². The predicted octanol–water partition coefficient (Wildman–Crippen LogP) is 1.84. The number of hydrogen-bond donors (Lipinski definition) is 3. The molecule has 0 radical (unpaired) electrons. The molecular weight excluding hydrogens is 202 g/mol. The summed E-state index contributed by atoms with van der Waals surface area (Å²) in [6, 6.07) is 0. The van der Waals surface area contributed by atoms with Crippen molar-refractivity contribution in [1.29, 1.82) is 5.41 Å². The van der Waals surface area contributed by atoms with Gasteiger partial charge in [-0.15, -0.1) is 0 Å². The van der Waals surface area contributed by atoms with Crippen LogP contribution in [0.25, 0.3) is 0 Å². The highest BCUT2D eigenvalue weighted by Gasteiger charge is 2.17. The Morgan fingerprint density at radius 3 is 2.75 bits per heavy atom. The van der Waals surface area contributed by atoms with Crippen LogP contribution in [-0.2, 0) is 0 Å². The first kappa shape index (κ1) is 10.4. The van der Waals surface area contributed by atoms with E-state index in [4.69, 9.17) is 11.1 Å². The fourth-order valence-electron chi connectivity index (χ4n) is 1.72.